The number of nitrogens with one attached hydrogen (secondary N) is 1. The monoisotopic (exact) mass is 411 g/mol. The van der Waals surface area contributed by atoms with E-state index in [0.29, 0.717) is 17.1 Å². The molecule has 0 atom stereocenters. The molecule has 10 heteroatoms. The molecule has 0 aliphatic rings. The molecule has 2 heterocycles. The predicted molar refractivity (Wildman–Crippen MR) is 97.5 cm³/mol. The van der Waals surface area contributed by atoms with Crippen molar-refractivity contribution in [3.8, 4) is 5.75 Å². The first-order valence-corrected chi connectivity index (χ1v) is 8.74. The predicted octanol–water partition coefficient (Wildman–Crippen LogP) is 4.55. The van der Waals surface area contributed by atoms with Gasteiger partial charge in [0, 0.05) is 17.9 Å². The fraction of sp³-hybridized carbons (Fsp3) is 0.167. The first-order valence-electron chi connectivity index (χ1n) is 7.92. The van der Waals surface area contributed by atoms with Crippen molar-refractivity contribution >= 4 is 28.1 Å². The van der Waals surface area contributed by atoms with E-state index in [1.54, 1.807) is 0 Å². The summed E-state index contributed by atoms with van der Waals surface area (Å²) < 4.78 is 59.6. The van der Waals surface area contributed by atoms with Crippen molar-refractivity contribution in [2.75, 3.05) is 0 Å². The molecule has 0 radical (unpaired) electrons. The highest BCUT2D eigenvalue weighted by molar-refractivity contribution is 7.17. The molecule has 146 valence electrons. The highest BCUT2D eigenvalue weighted by Gasteiger charge is 2.38. The van der Waals surface area contributed by atoms with Gasteiger partial charge in [-0.25, -0.2) is 9.37 Å². The molecular weight excluding hydrogens is 398 g/mol. The molecule has 0 fully saturated rings. The molecule has 0 aliphatic carbocycles. The summed E-state index contributed by atoms with van der Waals surface area (Å²) in [5, 5.41) is 7.36. The number of thiazole rings is 1. The van der Waals surface area contributed by atoms with Crippen LogP contribution in [0.3, 0.4) is 0 Å². The Kier molecular flexibility index (Phi) is 5.32. The second-order valence-electron chi connectivity index (χ2n) is 5.61. The molecule has 0 aliphatic heterocycles. The Morgan fingerprint density at radius 2 is 2.00 bits per heavy atom. The van der Waals surface area contributed by atoms with Crippen LogP contribution in [-0.2, 0) is 12.8 Å². The van der Waals surface area contributed by atoms with Crippen molar-refractivity contribution in [1.29, 1.82) is 5.41 Å². The SMILES string of the molecule is C/C=C(\C=N)c1c(C(F)(F)F)sc2nc(COc3ccc(F)cc3)cc(=O)n12. The Labute approximate surface area is 160 Å². The zero-order valence-corrected chi connectivity index (χ0v) is 15.2. The average molecular weight is 411 g/mol. The number of hydrogen-bond donors (Lipinski definition) is 1. The van der Waals surface area contributed by atoms with Crippen LogP contribution < -0.4 is 10.3 Å². The number of rotatable bonds is 5. The maximum atomic E-state index is 13.5. The Balaban J connectivity index is 2.07. The van der Waals surface area contributed by atoms with Crippen molar-refractivity contribution in [1.82, 2.24) is 9.38 Å². The van der Waals surface area contributed by atoms with Gasteiger partial charge < -0.3 is 10.1 Å². The smallest absolute Gasteiger partial charge is 0.427 e. The molecule has 0 unspecified atom stereocenters. The van der Waals surface area contributed by atoms with Gasteiger partial charge in [-0.05, 0) is 31.2 Å². The maximum Gasteiger partial charge on any atom is 0.427 e. The van der Waals surface area contributed by atoms with Crippen LogP contribution in [0, 0.1) is 11.2 Å². The van der Waals surface area contributed by atoms with Crippen LogP contribution >= 0.6 is 11.3 Å². The highest BCUT2D eigenvalue weighted by Crippen LogP contribution is 2.39. The molecule has 1 N–H and O–H groups in total. The van der Waals surface area contributed by atoms with Gasteiger partial charge in [-0.15, -0.1) is 0 Å². The van der Waals surface area contributed by atoms with Gasteiger partial charge >= 0.3 is 6.18 Å². The Morgan fingerprint density at radius 3 is 2.57 bits per heavy atom. The van der Waals surface area contributed by atoms with E-state index in [1.165, 1.54) is 37.3 Å². The van der Waals surface area contributed by atoms with Crippen molar-refractivity contribution in [3.63, 3.8) is 0 Å². The number of alkyl halides is 3. The zero-order chi connectivity index (χ0) is 20.5. The van der Waals surface area contributed by atoms with Gasteiger partial charge in [0.25, 0.3) is 5.56 Å². The van der Waals surface area contributed by atoms with E-state index in [4.69, 9.17) is 10.1 Å². The molecule has 0 bridgehead atoms. The minimum atomic E-state index is -4.71. The standard InChI is InChI=1S/C18H13F4N3O2S/c1-2-10(8-23)15-16(18(20,21)22)28-17-24-12(7-14(26)25(15)17)9-27-13-5-3-11(19)4-6-13/h2-8,23H,9H2,1H3/b10-2+,23-8?. The molecule has 28 heavy (non-hydrogen) atoms. The third-order valence-corrected chi connectivity index (χ3v) is 4.86. The summed E-state index contributed by atoms with van der Waals surface area (Å²) in [4.78, 5) is 15.4. The van der Waals surface area contributed by atoms with Crippen molar-refractivity contribution in [2.24, 2.45) is 0 Å². The second-order valence-corrected chi connectivity index (χ2v) is 6.59. The van der Waals surface area contributed by atoms with Gasteiger partial charge in [0.15, 0.2) is 4.96 Å². The van der Waals surface area contributed by atoms with Crippen LogP contribution in [0.4, 0.5) is 17.6 Å². The lowest BCUT2D eigenvalue weighted by Crippen LogP contribution is -2.18. The molecule has 0 saturated heterocycles. The Hall–Kier alpha value is -3.01. The van der Waals surface area contributed by atoms with Gasteiger partial charge in [0.2, 0.25) is 0 Å². The van der Waals surface area contributed by atoms with E-state index in [-0.39, 0.29) is 22.8 Å². The topological polar surface area (TPSA) is 67.5 Å². The first-order chi connectivity index (χ1) is 13.2. The fourth-order valence-corrected chi connectivity index (χ4v) is 3.56. The summed E-state index contributed by atoms with van der Waals surface area (Å²) in [5.74, 6) is -0.117. The number of nitrogens with zero attached hydrogens (tertiary/aromatic N) is 2. The van der Waals surface area contributed by atoms with E-state index in [1.807, 2.05) is 0 Å². The third-order valence-electron chi connectivity index (χ3n) is 3.77. The normalized spacial score (nSPS) is 12.4. The number of halogens is 4. The molecule has 0 amide bonds. The quantitative estimate of drug-likeness (QED) is 0.495. The largest absolute Gasteiger partial charge is 0.487 e. The van der Waals surface area contributed by atoms with E-state index in [9.17, 15) is 22.4 Å². The lowest BCUT2D eigenvalue weighted by atomic mass is 10.1. The van der Waals surface area contributed by atoms with Crippen LogP contribution in [0.5, 0.6) is 5.75 Å². The summed E-state index contributed by atoms with van der Waals surface area (Å²) >= 11 is 0.319. The van der Waals surface area contributed by atoms with E-state index in [2.05, 4.69) is 4.98 Å². The van der Waals surface area contributed by atoms with Crippen LogP contribution in [-0.4, -0.2) is 15.6 Å². The minimum absolute atomic E-state index is 0.0437. The summed E-state index contributed by atoms with van der Waals surface area (Å²) in [7, 11) is 0. The van der Waals surface area contributed by atoms with Crippen LogP contribution in [0.25, 0.3) is 10.5 Å². The van der Waals surface area contributed by atoms with Crippen molar-refractivity contribution < 1.29 is 22.3 Å². The van der Waals surface area contributed by atoms with Crippen molar-refractivity contribution in [3.05, 3.63) is 68.8 Å². The molecule has 0 spiro atoms. The molecular formula is C18H13F4N3O2S. The highest BCUT2D eigenvalue weighted by atomic mass is 32.1. The van der Waals surface area contributed by atoms with Crippen LogP contribution in [0.2, 0.25) is 0 Å². The molecule has 5 nitrogen and oxygen atoms in total. The number of aromatic nitrogens is 2. The molecule has 0 saturated carbocycles. The first kappa shape index (κ1) is 19.7. The van der Waals surface area contributed by atoms with Gasteiger partial charge in [-0.1, -0.05) is 17.4 Å². The number of ether oxygens (including phenoxy) is 1. The molecule has 1 aromatic carbocycles. The fourth-order valence-electron chi connectivity index (χ4n) is 2.52. The lowest BCUT2D eigenvalue weighted by Gasteiger charge is -2.08. The second kappa shape index (κ2) is 7.55. The zero-order valence-electron chi connectivity index (χ0n) is 14.4. The van der Waals surface area contributed by atoms with E-state index < -0.39 is 28.1 Å². The number of allylic oxidation sites excluding steroid dienone is 2. The van der Waals surface area contributed by atoms with E-state index in [0.717, 1.165) is 16.7 Å². The number of benzene rings is 1. The Morgan fingerprint density at radius 1 is 1.32 bits per heavy atom. The van der Waals surface area contributed by atoms with E-state index >= 15 is 0 Å². The Bertz CT molecular complexity index is 1110. The summed E-state index contributed by atoms with van der Waals surface area (Å²) in [6.07, 6.45) is -2.63. The number of hydrogen-bond acceptors (Lipinski definition) is 5. The van der Waals surface area contributed by atoms with Crippen molar-refractivity contribution in [2.45, 2.75) is 19.7 Å². The summed E-state index contributed by atoms with van der Waals surface area (Å²) in [6, 6.07) is 6.22. The molecule has 2 aromatic heterocycles. The lowest BCUT2D eigenvalue weighted by molar-refractivity contribution is -0.134. The summed E-state index contributed by atoms with van der Waals surface area (Å²) in [6.45, 7) is 1.31. The van der Waals surface area contributed by atoms with Gasteiger partial charge in [-0.2, -0.15) is 13.2 Å². The molecule has 3 rings (SSSR count). The average Bonchev–Trinajstić information content (AvgIpc) is 3.03. The molecule has 3 aromatic rings. The third kappa shape index (κ3) is 3.81. The number of fused-ring (bicyclic) bond motifs is 1. The maximum absolute atomic E-state index is 13.5. The van der Waals surface area contributed by atoms with Crippen LogP contribution in [0.1, 0.15) is 23.2 Å². The summed E-state index contributed by atoms with van der Waals surface area (Å²) in [5.41, 5.74) is -1.04. The minimum Gasteiger partial charge on any atom is -0.487 e. The van der Waals surface area contributed by atoms with Gasteiger partial charge in [0.1, 0.15) is 23.1 Å². The van der Waals surface area contributed by atoms with Crippen LogP contribution in [0.15, 0.2) is 41.2 Å². The van der Waals surface area contributed by atoms with Gasteiger partial charge in [-0.3, -0.25) is 9.20 Å². The van der Waals surface area contributed by atoms with Gasteiger partial charge in [0.05, 0.1) is 11.4 Å².